The molecule has 9 nitrogen and oxygen atoms in total. The molecular weight excluding hydrogens is 597 g/mol. The molecule has 9 rings (SSSR count). The first-order valence-corrected chi connectivity index (χ1v) is 16.3. The van der Waals surface area contributed by atoms with Gasteiger partial charge in [-0.15, -0.1) is 0 Å². The van der Waals surface area contributed by atoms with Crippen LogP contribution >= 0.6 is 0 Å². The van der Waals surface area contributed by atoms with Crippen molar-refractivity contribution in [2.45, 2.75) is 75.3 Å². The monoisotopic (exact) mass is 632 g/mol. The van der Waals surface area contributed by atoms with Gasteiger partial charge < -0.3 is 24.8 Å². The zero-order chi connectivity index (χ0) is 31.3. The predicted molar refractivity (Wildman–Crippen MR) is 166 cm³/mol. The van der Waals surface area contributed by atoms with Gasteiger partial charge in [0.1, 0.15) is 53.4 Å². The summed E-state index contributed by atoms with van der Waals surface area (Å²) in [4.78, 5) is 18.6. The zero-order valence-corrected chi connectivity index (χ0v) is 25.5. The van der Waals surface area contributed by atoms with Crippen LogP contribution in [-0.4, -0.2) is 87.6 Å². The van der Waals surface area contributed by atoms with Gasteiger partial charge in [0.05, 0.1) is 11.6 Å². The van der Waals surface area contributed by atoms with Crippen molar-refractivity contribution in [1.82, 2.24) is 25.2 Å². The first kappa shape index (κ1) is 28.3. The highest BCUT2D eigenvalue weighted by atomic mass is 19.1. The molecule has 0 spiro atoms. The molecular formula is C34H35F3N6O3. The molecule has 0 saturated carbocycles. The Kier molecular flexibility index (Phi) is 6.34. The number of nitrogens with zero attached hydrogens (tertiary/aromatic N) is 5. The Morgan fingerprint density at radius 1 is 1.13 bits per heavy atom. The molecule has 4 aromatic rings. The largest absolute Gasteiger partial charge is 0.508 e. The lowest BCUT2D eigenvalue weighted by molar-refractivity contribution is 0.107. The molecule has 2 N–H and O–H groups in total. The van der Waals surface area contributed by atoms with Crippen molar-refractivity contribution in [1.29, 1.82) is 0 Å². The second-order valence-electron chi connectivity index (χ2n) is 13.5. The van der Waals surface area contributed by atoms with Gasteiger partial charge in [0.25, 0.3) is 0 Å². The second-order valence-corrected chi connectivity index (χ2v) is 13.5. The second kappa shape index (κ2) is 10.3. The quantitative estimate of drug-likeness (QED) is 0.314. The molecule has 2 aromatic heterocycles. The molecule has 5 aliphatic heterocycles. The number of phenolic OH excluding ortho intramolecular Hbond substituents is 1. The van der Waals surface area contributed by atoms with E-state index in [9.17, 15) is 9.50 Å². The Hall–Kier alpha value is -3.90. The first-order valence-electron chi connectivity index (χ1n) is 16.3. The van der Waals surface area contributed by atoms with Crippen molar-refractivity contribution in [3.63, 3.8) is 0 Å². The minimum absolute atomic E-state index is 0.0145. The summed E-state index contributed by atoms with van der Waals surface area (Å²) in [5.41, 5.74) is 0.0926. The first-order chi connectivity index (χ1) is 22.3. The van der Waals surface area contributed by atoms with Crippen LogP contribution in [0.2, 0.25) is 0 Å². The third-order valence-electron chi connectivity index (χ3n) is 10.9. The topological polar surface area (TPSA) is 95.9 Å². The van der Waals surface area contributed by atoms with Crippen LogP contribution in [0.1, 0.15) is 44.6 Å². The lowest BCUT2D eigenvalue weighted by Crippen LogP contribution is -2.60. The fourth-order valence-electron chi connectivity index (χ4n) is 8.84. The third kappa shape index (κ3) is 4.18. The van der Waals surface area contributed by atoms with E-state index in [4.69, 9.17) is 19.4 Å². The van der Waals surface area contributed by atoms with Crippen molar-refractivity contribution >= 4 is 27.5 Å². The lowest BCUT2D eigenvalue weighted by Gasteiger charge is -2.40. The van der Waals surface area contributed by atoms with E-state index in [2.05, 4.69) is 20.1 Å². The number of hydrogen-bond donors (Lipinski definition) is 2. The predicted octanol–water partition coefficient (Wildman–Crippen LogP) is 5.05. The number of piperazine rings is 1. The smallest absolute Gasteiger partial charge is 0.319 e. The number of alkyl halides is 1. The van der Waals surface area contributed by atoms with Gasteiger partial charge >= 0.3 is 6.01 Å². The Labute approximate surface area is 263 Å². The normalized spacial score (nSPS) is 28.4. The number of benzene rings is 2. The molecule has 0 aliphatic carbocycles. The number of rotatable bonds is 5. The highest BCUT2D eigenvalue weighted by Gasteiger charge is 2.50. The summed E-state index contributed by atoms with van der Waals surface area (Å²) in [6, 6.07) is 6.25. The molecule has 5 aliphatic rings. The molecule has 240 valence electrons. The standard InChI is InChI=1S/C34H35F3N6O3/c1-2-21-23(36)6-4-17-10-20(44)11-22(26(17)21)29-28(37)30-27-31(43-14-19-5-7-24(38-19)25(43)15-45-32(27)39-29)41-33(40-30)46-16-34-8-3-9-42(34)13-18(35)12-34/h4,6,10-11,18-19,24-25,38,44H,2-3,5,7-9,12-16H2,1H3/t18-,19-,24+,25+,34+/m0/s1. The zero-order valence-electron chi connectivity index (χ0n) is 25.5. The molecule has 2 bridgehead atoms. The van der Waals surface area contributed by atoms with Crippen LogP contribution in [0.15, 0.2) is 24.3 Å². The van der Waals surface area contributed by atoms with Gasteiger partial charge in [0, 0.05) is 37.2 Å². The molecule has 46 heavy (non-hydrogen) atoms. The van der Waals surface area contributed by atoms with Crippen LogP contribution in [0, 0.1) is 11.6 Å². The van der Waals surface area contributed by atoms with Crippen molar-refractivity contribution in [3.8, 4) is 28.9 Å². The number of aryl methyl sites for hydroxylation is 1. The molecule has 2 aromatic carbocycles. The minimum Gasteiger partial charge on any atom is -0.508 e. The Balaban J connectivity index is 1.24. The summed E-state index contributed by atoms with van der Waals surface area (Å²) in [6.45, 7) is 4.21. The van der Waals surface area contributed by atoms with Crippen molar-refractivity contribution in [2.24, 2.45) is 0 Å². The van der Waals surface area contributed by atoms with Crippen LogP contribution in [0.5, 0.6) is 17.6 Å². The van der Waals surface area contributed by atoms with E-state index in [-0.39, 0.29) is 59.1 Å². The van der Waals surface area contributed by atoms with E-state index in [1.807, 2.05) is 6.92 Å². The van der Waals surface area contributed by atoms with Gasteiger partial charge in [-0.3, -0.25) is 4.90 Å². The fraction of sp³-hybridized carbons (Fsp3) is 0.500. The summed E-state index contributed by atoms with van der Waals surface area (Å²) < 4.78 is 59.3. The highest BCUT2D eigenvalue weighted by molar-refractivity contribution is 6.03. The van der Waals surface area contributed by atoms with Crippen molar-refractivity contribution in [2.75, 3.05) is 37.7 Å². The average Bonchev–Trinajstić information content (AvgIpc) is 3.68. The van der Waals surface area contributed by atoms with E-state index < -0.39 is 23.3 Å². The summed E-state index contributed by atoms with van der Waals surface area (Å²) in [7, 11) is 0. The number of phenols is 1. The molecule has 4 fully saturated rings. The molecule has 5 atom stereocenters. The third-order valence-corrected chi connectivity index (χ3v) is 10.9. The summed E-state index contributed by atoms with van der Waals surface area (Å²) >= 11 is 0. The molecule has 12 heteroatoms. The van der Waals surface area contributed by atoms with Crippen LogP contribution in [0.25, 0.3) is 32.9 Å². The van der Waals surface area contributed by atoms with E-state index in [1.165, 1.54) is 18.2 Å². The van der Waals surface area contributed by atoms with Crippen LogP contribution in [0.4, 0.5) is 19.0 Å². The summed E-state index contributed by atoms with van der Waals surface area (Å²) in [5.74, 6) is -0.568. The van der Waals surface area contributed by atoms with E-state index >= 15 is 8.78 Å². The number of halogens is 3. The number of aromatic nitrogens is 3. The van der Waals surface area contributed by atoms with E-state index in [0.717, 1.165) is 32.2 Å². The fourth-order valence-corrected chi connectivity index (χ4v) is 8.84. The van der Waals surface area contributed by atoms with Crippen molar-refractivity contribution < 1.29 is 27.8 Å². The van der Waals surface area contributed by atoms with Crippen LogP contribution < -0.4 is 19.7 Å². The van der Waals surface area contributed by atoms with Gasteiger partial charge in [-0.25, -0.2) is 18.2 Å². The van der Waals surface area contributed by atoms with Gasteiger partial charge in [-0.1, -0.05) is 13.0 Å². The maximum Gasteiger partial charge on any atom is 0.319 e. The number of ether oxygens (including phenoxy) is 2. The average molecular weight is 633 g/mol. The highest BCUT2D eigenvalue weighted by Crippen LogP contribution is 2.45. The molecule has 0 radical (unpaired) electrons. The van der Waals surface area contributed by atoms with Gasteiger partial charge in [-0.2, -0.15) is 9.97 Å². The number of nitrogens with one attached hydrogen (secondary N) is 1. The van der Waals surface area contributed by atoms with Crippen LogP contribution in [0.3, 0.4) is 0 Å². The number of anilines is 1. The Morgan fingerprint density at radius 3 is 2.89 bits per heavy atom. The summed E-state index contributed by atoms with van der Waals surface area (Å²) in [5, 5.41) is 15.8. The lowest BCUT2D eigenvalue weighted by atomic mass is 9.94. The number of aromatic hydroxyl groups is 1. The maximum absolute atomic E-state index is 17.1. The van der Waals surface area contributed by atoms with Crippen LogP contribution in [-0.2, 0) is 6.42 Å². The van der Waals surface area contributed by atoms with Crippen molar-refractivity contribution in [3.05, 3.63) is 41.5 Å². The number of fused-ring (bicyclic) bond motifs is 7. The minimum atomic E-state index is -0.913. The van der Waals surface area contributed by atoms with Gasteiger partial charge in [-0.05, 0) is 73.2 Å². The number of hydrogen-bond acceptors (Lipinski definition) is 9. The molecule has 7 heterocycles. The van der Waals surface area contributed by atoms with E-state index in [0.29, 0.717) is 60.1 Å². The Morgan fingerprint density at radius 2 is 2.02 bits per heavy atom. The maximum atomic E-state index is 17.1. The van der Waals surface area contributed by atoms with Gasteiger partial charge in [0.15, 0.2) is 5.82 Å². The summed E-state index contributed by atoms with van der Waals surface area (Å²) in [6.07, 6.45) is 3.62. The SMILES string of the molecule is CCc1c(F)ccc2cc(O)cc(-c3nc4c5c(nc(OC[C@]67CCCN6C[C@@H](F)C7)nc5c3F)N3C[C@@H]5CC[C@@H](N5)[C@H]3CO4)c12. The molecule has 0 amide bonds. The molecule has 0 unspecified atom stereocenters. The van der Waals surface area contributed by atoms with Gasteiger partial charge in [0.2, 0.25) is 5.88 Å². The molecule has 4 saturated heterocycles. The Bertz CT molecular complexity index is 1910. The van der Waals surface area contributed by atoms with E-state index in [1.54, 1.807) is 6.07 Å². The number of pyridine rings is 1.